The van der Waals surface area contributed by atoms with Crippen LogP contribution < -0.4 is 0 Å². The van der Waals surface area contributed by atoms with Gasteiger partial charge in [-0.25, -0.2) is 4.98 Å². The number of para-hydroxylation sites is 2. The number of benzene rings is 2. The van der Waals surface area contributed by atoms with Gasteiger partial charge in [-0.3, -0.25) is 14.9 Å². The number of fused-ring (bicyclic) bond motifs is 1. The van der Waals surface area contributed by atoms with Crippen LogP contribution in [0.2, 0.25) is 0 Å². The van der Waals surface area contributed by atoms with Gasteiger partial charge >= 0.3 is 0 Å². The van der Waals surface area contributed by atoms with Gasteiger partial charge in [0.15, 0.2) is 5.16 Å². The molecule has 116 valence electrons. The van der Waals surface area contributed by atoms with Crippen molar-refractivity contribution in [3.63, 3.8) is 0 Å². The van der Waals surface area contributed by atoms with Crippen molar-refractivity contribution in [2.45, 2.75) is 18.6 Å². The topological polar surface area (TPSA) is 78.0 Å². The maximum absolute atomic E-state index is 12.4. The molecule has 7 heteroatoms. The van der Waals surface area contributed by atoms with E-state index in [0.717, 1.165) is 22.8 Å². The molecule has 1 heterocycles. The Morgan fingerprint density at radius 1 is 1.26 bits per heavy atom. The van der Waals surface area contributed by atoms with Crippen LogP contribution in [-0.2, 0) is 6.54 Å². The summed E-state index contributed by atoms with van der Waals surface area (Å²) >= 11 is 0.984. The minimum absolute atomic E-state index is 0.0968. The summed E-state index contributed by atoms with van der Waals surface area (Å²) in [4.78, 5) is 27.2. The van der Waals surface area contributed by atoms with E-state index in [4.69, 9.17) is 0 Å². The summed E-state index contributed by atoms with van der Waals surface area (Å²) in [6, 6.07) is 13.4. The molecule has 0 fully saturated rings. The number of rotatable bonds is 4. The molecule has 23 heavy (non-hydrogen) atoms. The Kier molecular flexibility index (Phi) is 4.12. The molecule has 2 aromatic carbocycles. The van der Waals surface area contributed by atoms with Crippen molar-refractivity contribution >= 4 is 33.6 Å². The van der Waals surface area contributed by atoms with Crippen LogP contribution in [0.5, 0.6) is 0 Å². The van der Waals surface area contributed by atoms with Crippen LogP contribution >= 0.6 is 11.8 Å². The Balaban J connectivity index is 1.94. The molecule has 3 rings (SSSR count). The standard InChI is InChI=1S/C16H13N3O3S/c1-2-18-14-9-4-3-8-13(14)17-16(18)23-15(20)11-6-5-7-12(10-11)19(21)22/h3-10H,2H2,1H3. The van der Waals surface area contributed by atoms with Gasteiger partial charge in [0.25, 0.3) is 5.69 Å². The minimum atomic E-state index is -0.511. The summed E-state index contributed by atoms with van der Waals surface area (Å²) in [6.07, 6.45) is 0. The lowest BCUT2D eigenvalue weighted by Gasteiger charge is -2.04. The van der Waals surface area contributed by atoms with E-state index in [-0.39, 0.29) is 10.8 Å². The van der Waals surface area contributed by atoms with Crippen molar-refractivity contribution in [1.29, 1.82) is 0 Å². The molecule has 0 radical (unpaired) electrons. The van der Waals surface area contributed by atoms with Crippen molar-refractivity contribution in [3.05, 3.63) is 64.2 Å². The zero-order valence-corrected chi connectivity index (χ0v) is 13.1. The summed E-state index contributed by atoms with van der Waals surface area (Å²) in [6.45, 7) is 2.67. The molecule has 0 aliphatic rings. The molecule has 0 atom stereocenters. The first-order valence-electron chi connectivity index (χ1n) is 7.02. The Bertz CT molecular complexity index is 904. The van der Waals surface area contributed by atoms with Crippen molar-refractivity contribution in [2.24, 2.45) is 0 Å². The van der Waals surface area contributed by atoms with Crippen molar-refractivity contribution in [3.8, 4) is 0 Å². The third-order valence-corrected chi connectivity index (χ3v) is 4.33. The molecular formula is C16H13N3O3S. The number of hydrogen-bond donors (Lipinski definition) is 0. The van der Waals surface area contributed by atoms with E-state index in [1.165, 1.54) is 18.2 Å². The number of imidazole rings is 1. The van der Waals surface area contributed by atoms with Gasteiger partial charge in [-0.1, -0.05) is 18.2 Å². The highest BCUT2D eigenvalue weighted by Crippen LogP contribution is 2.27. The van der Waals surface area contributed by atoms with Crippen molar-refractivity contribution in [1.82, 2.24) is 9.55 Å². The first kappa shape index (κ1) is 15.2. The molecule has 1 aromatic heterocycles. The van der Waals surface area contributed by atoms with Crippen LogP contribution in [-0.4, -0.2) is 19.6 Å². The number of nitro benzene ring substituents is 1. The lowest BCUT2D eigenvalue weighted by atomic mass is 10.2. The van der Waals surface area contributed by atoms with E-state index < -0.39 is 4.92 Å². The van der Waals surface area contributed by atoms with Gasteiger partial charge < -0.3 is 4.57 Å². The second-order valence-corrected chi connectivity index (χ2v) is 5.76. The number of thioether (sulfide) groups is 1. The number of non-ortho nitro benzene ring substituents is 1. The fourth-order valence-corrected chi connectivity index (χ4v) is 3.22. The predicted molar refractivity (Wildman–Crippen MR) is 88.7 cm³/mol. The van der Waals surface area contributed by atoms with Crippen LogP contribution in [0, 0.1) is 10.1 Å². The van der Waals surface area contributed by atoms with Gasteiger partial charge in [-0.2, -0.15) is 0 Å². The third kappa shape index (κ3) is 2.95. The Morgan fingerprint density at radius 3 is 2.78 bits per heavy atom. The third-order valence-electron chi connectivity index (χ3n) is 3.41. The van der Waals surface area contributed by atoms with Crippen molar-refractivity contribution < 1.29 is 9.72 Å². The number of nitro groups is 1. The first-order chi connectivity index (χ1) is 11.1. The molecular weight excluding hydrogens is 314 g/mol. The summed E-state index contributed by atoms with van der Waals surface area (Å²) in [7, 11) is 0. The number of aryl methyl sites for hydroxylation is 1. The molecule has 0 aliphatic heterocycles. The average Bonchev–Trinajstić information content (AvgIpc) is 2.91. The maximum Gasteiger partial charge on any atom is 0.270 e. The molecule has 0 spiro atoms. The molecule has 0 amide bonds. The Hall–Kier alpha value is -2.67. The lowest BCUT2D eigenvalue weighted by Crippen LogP contribution is -2.01. The highest BCUT2D eigenvalue weighted by Gasteiger charge is 2.17. The number of carbonyl (C=O) groups excluding carboxylic acids is 1. The first-order valence-corrected chi connectivity index (χ1v) is 7.83. The predicted octanol–water partition coefficient (Wildman–Crippen LogP) is 3.90. The second kappa shape index (κ2) is 6.21. The minimum Gasteiger partial charge on any atom is -0.319 e. The van der Waals surface area contributed by atoms with Crippen LogP contribution in [0.3, 0.4) is 0 Å². The SMILES string of the molecule is CCn1c(SC(=O)c2cccc([N+](=O)[O-])c2)nc2ccccc21. The zero-order chi connectivity index (χ0) is 16.4. The monoisotopic (exact) mass is 327 g/mol. The van der Waals surface area contributed by atoms with Gasteiger partial charge in [0.1, 0.15) is 0 Å². The molecule has 0 saturated heterocycles. The summed E-state index contributed by atoms with van der Waals surface area (Å²) < 4.78 is 1.95. The maximum atomic E-state index is 12.4. The Morgan fingerprint density at radius 2 is 2.04 bits per heavy atom. The van der Waals surface area contributed by atoms with Gasteiger partial charge in [-0.15, -0.1) is 0 Å². The summed E-state index contributed by atoms with van der Waals surface area (Å²) in [5, 5.41) is 11.1. The van der Waals surface area contributed by atoms with E-state index in [2.05, 4.69) is 4.98 Å². The van der Waals surface area contributed by atoms with Crippen LogP contribution in [0.4, 0.5) is 5.69 Å². The summed E-state index contributed by atoms with van der Waals surface area (Å²) in [5.41, 5.74) is 1.98. The normalized spacial score (nSPS) is 10.8. The molecule has 0 bridgehead atoms. The fraction of sp³-hybridized carbons (Fsp3) is 0.125. The number of aromatic nitrogens is 2. The quantitative estimate of drug-likeness (QED) is 0.412. The van der Waals surface area contributed by atoms with Gasteiger partial charge in [-0.05, 0) is 36.9 Å². The molecule has 3 aromatic rings. The van der Waals surface area contributed by atoms with Gasteiger partial charge in [0.2, 0.25) is 5.12 Å². The van der Waals surface area contributed by atoms with Gasteiger partial charge in [0, 0.05) is 24.2 Å². The van der Waals surface area contributed by atoms with E-state index in [1.54, 1.807) is 6.07 Å². The van der Waals surface area contributed by atoms with Crippen LogP contribution in [0.25, 0.3) is 11.0 Å². The van der Waals surface area contributed by atoms with Crippen molar-refractivity contribution in [2.75, 3.05) is 0 Å². The van der Waals surface area contributed by atoms with E-state index in [1.807, 2.05) is 35.8 Å². The molecule has 0 saturated carbocycles. The zero-order valence-electron chi connectivity index (χ0n) is 12.3. The number of nitrogens with zero attached hydrogens (tertiary/aromatic N) is 3. The van der Waals surface area contributed by atoms with Crippen LogP contribution in [0.15, 0.2) is 53.7 Å². The van der Waals surface area contributed by atoms with Gasteiger partial charge in [0.05, 0.1) is 16.0 Å². The fourth-order valence-electron chi connectivity index (χ4n) is 2.33. The molecule has 0 aliphatic carbocycles. The highest BCUT2D eigenvalue weighted by atomic mass is 32.2. The molecule has 0 unspecified atom stereocenters. The summed E-state index contributed by atoms with van der Waals surface area (Å²) in [5.74, 6) is 0. The number of hydrogen-bond acceptors (Lipinski definition) is 5. The molecule has 6 nitrogen and oxygen atoms in total. The molecule has 0 N–H and O–H groups in total. The van der Waals surface area contributed by atoms with E-state index in [9.17, 15) is 14.9 Å². The smallest absolute Gasteiger partial charge is 0.270 e. The van der Waals surface area contributed by atoms with Crippen LogP contribution in [0.1, 0.15) is 17.3 Å². The number of carbonyl (C=O) groups is 1. The largest absolute Gasteiger partial charge is 0.319 e. The van der Waals surface area contributed by atoms with E-state index >= 15 is 0 Å². The highest BCUT2D eigenvalue weighted by molar-refractivity contribution is 8.14. The van der Waals surface area contributed by atoms with E-state index in [0.29, 0.717) is 17.3 Å². The lowest BCUT2D eigenvalue weighted by molar-refractivity contribution is -0.384. The Labute approximate surface area is 136 Å². The second-order valence-electron chi connectivity index (χ2n) is 4.82. The average molecular weight is 327 g/mol.